The van der Waals surface area contributed by atoms with Crippen molar-refractivity contribution in [2.24, 2.45) is 0 Å². The Balaban J connectivity index is 1.43. The van der Waals surface area contributed by atoms with Crippen LogP contribution in [0.5, 0.6) is 5.75 Å². The largest absolute Gasteiger partial charge is 0.459 e. The number of carbonyl (C=O) groups is 2. The van der Waals surface area contributed by atoms with E-state index in [0.717, 1.165) is 23.1 Å². The number of esters is 2. The lowest BCUT2D eigenvalue weighted by atomic mass is 10.0. The van der Waals surface area contributed by atoms with E-state index in [1.54, 1.807) is 24.3 Å². The van der Waals surface area contributed by atoms with Crippen LogP contribution in [0.15, 0.2) is 72.8 Å². The molecule has 4 heteroatoms. The molecule has 0 aromatic heterocycles. The number of aryl methyl sites for hydroxylation is 1. The smallest absolute Gasteiger partial charge is 0.390 e. The van der Waals surface area contributed by atoms with Crippen LogP contribution < -0.4 is 4.74 Å². The molecule has 0 aliphatic rings. The zero-order valence-electron chi connectivity index (χ0n) is 23.5. The molecule has 0 atom stereocenters. The van der Waals surface area contributed by atoms with E-state index < -0.39 is 5.97 Å². The van der Waals surface area contributed by atoms with Crippen molar-refractivity contribution in [2.75, 3.05) is 0 Å². The minimum Gasteiger partial charge on any atom is -0.459 e. The van der Waals surface area contributed by atoms with Crippen molar-refractivity contribution in [2.45, 2.75) is 84.7 Å². The van der Waals surface area contributed by atoms with Gasteiger partial charge in [-0.3, -0.25) is 0 Å². The fraction of sp³-hybridized carbons (Fsp3) is 0.371. The maximum absolute atomic E-state index is 12.2. The van der Waals surface area contributed by atoms with E-state index in [4.69, 9.17) is 9.47 Å². The van der Waals surface area contributed by atoms with E-state index in [2.05, 4.69) is 30.9 Å². The topological polar surface area (TPSA) is 52.6 Å². The lowest BCUT2D eigenvalue weighted by molar-refractivity contribution is -0.128. The van der Waals surface area contributed by atoms with E-state index in [1.807, 2.05) is 50.2 Å². The number of hydrogen-bond acceptors (Lipinski definition) is 4. The first-order chi connectivity index (χ1) is 18.9. The van der Waals surface area contributed by atoms with Gasteiger partial charge in [0, 0.05) is 11.5 Å². The molecule has 4 nitrogen and oxygen atoms in total. The summed E-state index contributed by atoms with van der Waals surface area (Å²) in [6, 6.07) is 22.5. The van der Waals surface area contributed by atoms with Gasteiger partial charge in [0.25, 0.3) is 0 Å². The summed E-state index contributed by atoms with van der Waals surface area (Å²) in [6.07, 6.45) is 11.5. The van der Waals surface area contributed by atoms with Crippen LogP contribution in [0, 0.1) is 11.8 Å². The highest BCUT2D eigenvalue weighted by Gasteiger charge is 2.09. The molecule has 0 spiro atoms. The van der Waals surface area contributed by atoms with Gasteiger partial charge in [-0.15, -0.1) is 0 Å². The number of rotatable bonds is 13. The summed E-state index contributed by atoms with van der Waals surface area (Å²) < 4.78 is 10.6. The molecular formula is C35H40O4. The SMILES string of the molecule is CCCCCCCCCCc1ccc(C#CC(=O)Oc2ccc(-c3ccc(C(=O)OC(C)C)cc3)cc2)cc1. The molecule has 0 fully saturated rings. The second kappa shape index (κ2) is 16.2. The first kappa shape index (κ1) is 29.7. The molecule has 0 saturated carbocycles. The van der Waals surface area contributed by atoms with Gasteiger partial charge >= 0.3 is 11.9 Å². The van der Waals surface area contributed by atoms with Gasteiger partial charge in [0.1, 0.15) is 5.75 Å². The van der Waals surface area contributed by atoms with Gasteiger partial charge < -0.3 is 9.47 Å². The summed E-state index contributed by atoms with van der Waals surface area (Å²) in [6.45, 7) is 5.90. The molecule has 0 aliphatic heterocycles. The highest BCUT2D eigenvalue weighted by Crippen LogP contribution is 2.23. The van der Waals surface area contributed by atoms with Crippen LogP contribution in [-0.2, 0) is 16.0 Å². The highest BCUT2D eigenvalue weighted by atomic mass is 16.5. The lowest BCUT2D eigenvalue weighted by Gasteiger charge is -2.08. The molecule has 0 heterocycles. The average molecular weight is 525 g/mol. The molecule has 3 aromatic carbocycles. The molecule has 0 aliphatic carbocycles. The number of benzene rings is 3. The maximum Gasteiger partial charge on any atom is 0.390 e. The van der Waals surface area contributed by atoms with Crippen molar-refractivity contribution in [3.63, 3.8) is 0 Å². The third kappa shape index (κ3) is 10.8. The highest BCUT2D eigenvalue weighted by molar-refractivity contribution is 5.91. The van der Waals surface area contributed by atoms with E-state index in [-0.39, 0.29) is 12.1 Å². The van der Waals surface area contributed by atoms with Gasteiger partial charge in [0.05, 0.1) is 11.7 Å². The van der Waals surface area contributed by atoms with Crippen LogP contribution in [-0.4, -0.2) is 18.0 Å². The predicted octanol–water partition coefficient (Wildman–Crippen LogP) is 8.56. The molecule has 39 heavy (non-hydrogen) atoms. The van der Waals surface area contributed by atoms with Gasteiger partial charge in [0.15, 0.2) is 0 Å². The predicted molar refractivity (Wildman–Crippen MR) is 158 cm³/mol. The third-order valence-electron chi connectivity index (χ3n) is 6.44. The number of carbonyl (C=O) groups excluding carboxylic acids is 2. The molecule has 0 unspecified atom stereocenters. The fourth-order valence-electron chi connectivity index (χ4n) is 4.27. The molecule has 0 radical (unpaired) electrons. The minimum atomic E-state index is -0.598. The molecule has 0 N–H and O–H groups in total. The number of unbranched alkanes of at least 4 members (excludes halogenated alkanes) is 7. The monoisotopic (exact) mass is 524 g/mol. The molecular weight excluding hydrogens is 484 g/mol. The van der Waals surface area contributed by atoms with E-state index in [9.17, 15) is 9.59 Å². The zero-order valence-corrected chi connectivity index (χ0v) is 23.5. The number of ether oxygens (including phenoxy) is 2. The van der Waals surface area contributed by atoms with Gasteiger partial charge in [-0.2, -0.15) is 0 Å². The summed E-state index contributed by atoms with van der Waals surface area (Å²) in [7, 11) is 0. The molecule has 204 valence electrons. The Kier molecular flexibility index (Phi) is 12.3. The van der Waals surface area contributed by atoms with Crippen molar-refractivity contribution < 1.29 is 19.1 Å². The second-order valence-corrected chi connectivity index (χ2v) is 10.1. The third-order valence-corrected chi connectivity index (χ3v) is 6.44. The van der Waals surface area contributed by atoms with Crippen molar-refractivity contribution in [3.8, 4) is 28.7 Å². The number of hydrogen-bond donors (Lipinski definition) is 0. The first-order valence-corrected chi connectivity index (χ1v) is 14.2. The summed E-state index contributed by atoms with van der Waals surface area (Å²) in [5.41, 5.74) is 4.49. The van der Waals surface area contributed by atoms with E-state index in [1.165, 1.54) is 56.9 Å². The van der Waals surface area contributed by atoms with Gasteiger partial charge in [-0.05, 0) is 79.8 Å². The summed E-state index contributed by atoms with van der Waals surface area (Å²) in [5, 5.41) is 0. The standard InChI is InChI=1S/C35H40O4/c1-4-5-6-7-8-9-10-11-12-28-13-15-29(16-14-28)17-26-34(36)39-33-24-22-31(23-25-33)30-18-20-32(21-19-30)35(37)38-27(2)3/h13-16,18-25,27H,4-12H2,1-3H3. The van der Waals surface area contributed by atoms with Crippen LogP contribution in [0.2, 0.25) is 0 Å². The Bertz CT molecular complexity index is 1230. The summed E-state index contributed by atoms with van der Waals surface area (Å²) >= 11 is 0. The molecule has 3 aromatic rings. The Morgan fingerprint density at radius 1 is 0.718 bits per heavy atom. The maximum atomic E-state index is 12.2. The van der Waals surface area contributed by atoms with Gasteiger partial charge in [-0.25, -0.2) is 9.59 Å². The van der Waals surface area contributed by atoms with Crippen LogP contribution in [0.25, 0.3) is 11.1 Å². The molecule has 0 amide bonds. The first-order valence-electron chi connectivity index (χ1n) is 14.2. The Morgan fingerprint density at radius 2 is 1.28 bits per heavy atom. The normalized spacial score (nSPS) is 10.6. The molecule has 0 saturated heterocycles. The minimum absolute atomic E-state index is 0.160. The zero-order chi connectivity index (χ0) is 27.9. The average Bonchev–Trinajstić information content (AvgIpc) is 2.94. The van der Waals surface area contributed by atoms with Crippen molar-refractivity contribution in [1.82, 2.24) is 0 Å². The summed E-state index contributed by atoms with van der Waals surface area (Å²) in [5.74, 6) is 4.95. The Hall–Kier alpha value is -3.84. The van der Waals surface area contributed by atoms with E-state index in [0.29, 0.717) is 11.3 Å². The van der Waals surface area contributed by atoms with Crippen LogP contribution in [0.4, 0.5) is 0 Å². The van der Waals surface area contributed by atoms with Crippen molar-refractivity contribution in [3.05, 3.63) is 89.5 Å². The van der Waals surface area contributed by atoms with Crippen LogP contribution in [0.1, 0.15) is 93.6 Å². The Labute approximate surface area is 233 Å². The fourth-order valence-corrected chi connectivity index (χ4v) is 4.27. The molecule has 0 bridgehead atoms. The quantitative estimate of drug-likeness (QED) is 0.0973. The second-order valence-electron chi connectivity index (χ2n) is 10.1. The Morgan fingerprint density at radius 3 is 1.87 bits per heavy atom. The van der Waals surface area contributed by atoms with E-state index >= 15 is 0 Å². The van der Waals surface area contributed by atoms with Gasteiger partial charge in [0.2, 0.25) is 0 Å². The summed E-state index contributed by atoms with van der Waals surface area (Å²) in [4.78, 5) is 24.2. The van der Waals surface area contributed by atoms with Crippen molar-refractivity contribution >= 4 is 11.9 Å². The van der Waals surface area contributed by atoms with Crippen molar-refractivity contribution in [1.29, 1.82) is 0 Å². The van der Waals surface area contributed by atoms with Crippen LogP contribution >= 0.6 is 0 Å². The molecule has 3 rings (SSSR count). The lowest BCUT2D eigenvalue weighted by Crippen LogP contribution is -2.11. The van der Waals surface area contributed by atoms with Crippen LogP contribution in [0.3, 0.4) is 0 Å². The van der Waals surface area contributed by atoms with Gasteiger partial charge in [-0.1, -0.05) is 94.2 Å².